The van der Waals surface area contributed by atoms with Gasteiger partial charge in [-0.25, -0.2) is 0 Å². The van der Waals surface area contributed by atoms with Crippen molar-refractivity contribution < 1.29 is 14.3 Å². The van der Waals surface area contributed by atoms with Crippen molar-refractivity contribution >= 4 is 23.2 Å². The fraction of sp³-hybridized carbons (Fsp3) is 0.417. The minimum Gasteiger partial charge on any atom is -0.492 e. The molecule has 0 aliphatic heterocycles. The Hall–Kier alpha value is -2.82. The summed E-state index contributed by atoms with van der Waals surface area (Å²) in [5.41, 5.74) is 3.18. The Morgan fingerprint density at radius 2 is 1.31 bits per heavy atom. The maximum absolute atomic E-state index is 12.5. The van der Waals surface area contributed by atoms with Gasteiger partial charge in [0.15, 0.2) is 0 Å². The first-order chi connectivity index (χ1) is 13.4. The molecule has 0 saturated carbocycles. The number of carbonyl (C=O) groups excluding carboxylic acids is 2. The Balaban J connectivity index is 2.15. The molecule has 0 radical (unpaired) electrons. The number of carbonyl (C=O) groups is 2. The van der Waals surface area contributed by atoms with Crippen LogP contribution in [0.5, 0.6) is 5.75 Å². The van der Waals surface area contributed by atoms with Crippen LogP contribution in [0, 0.1) is 0 Å². The molecule has 156 valence electrons. The number of rotatable bonds is 4. The third-order valence-corrected chi connectivity index (χ3v) is 4.61. The summed E-state index contributed by atoms with van der Waals surface area (Å²) >= 11 is 0. The van der Waals surface area contributed by atoms with E-state index in [0.29, 0.717) is 23.7 Å². The lowest BCUT2D eigenvalue weighted by Gasteiger charge is -2.21. The summed E-state index contributed by atoms with van der Waals surface area (Å²) in [6.45, 7) is 15.0. The van der Waals surface area contributed by atoms with Crippen molar-refractivity contribution in [2.45, 2.75) is 59.3 Å². The summed E-state index contributed by atoms with van der Waals surface area (Å²) in [7, 11) is 0. The number of hydrogen-bond donors (Lipinski definition) is 2. The Labute approximate surface area is 173 Å². The van der Waals surface area contributed by atoms with Crippen LogP contribution in [0.2, 0.25) is 0 Å². The zero-order chi connectivity index (χ0) is 21.8. The first kappa shape index (κ1) is 22.5. The van der Waals surface area contributed by atoms with Crippen LogP contribution in [0.1, 0.15) is 59.6 Å². The van der Waals surface area contributed by atoms with Crippen molar-refractivity contribution in [1.29, 1.82) is 0 Å². The molecule has 2 aromatic carbocycles. The van der Waals surface area contributed by atoms with E-state index in [4.69, 9.17) is 4.74 Å². The number of nitrogens with one attached hydrogen (secondary N) is 2. The molecule has 2 aromatic rings. The lowest BCUT2D eigenvalue weighted by atomic mass is 9.87. The number of anilines is 2. The lowest BCUT2D eigenvalue weighted by Crippen LogP contribution is -2.29. The average molecular weight is 397 g/mol. The third kappa shape index (κ3) is 6.08. The fourth-order valence-electron chi connectivity index (χ4n) is 2.80. The molecular formula is C24H32N2O3. The van der Waals surface area contributed by atoms with Gasteiger partial charge < -0.3 is 15.4 Å². The normalized spacial score (nSPS) is 11.7. The number of hydrogen-bond acceptors (Lipinski definition) is 3. The number of ether oxygens (including phenoxy) is 1. The molecule has 0 unspecified atom stereocenters. The highest BCUT2D eigenvalue weighted by Gasteiger charge is 2.20. The Bertz CT molecular complexity index is 872. The molecule has 0 atom stereocenters. The Morgan fingerprint density at radius 1 is 0.793 bits per heavy atom. The quantitative estimate of drug-likeness (QED) is 0.693. The first-order valence-corrected chi connectivity index (χ1v) is 9.92. The minimum absolute atomic E-state index is 0.0215. The van der Waals surface area contributed by atoms with E-state index >= 15 is 0 Å². The van der Waals surface area contributed by atoms with E-state index in [0.717, 1.165) is 11.1 Å². The highest BCUT2D eigenvalue weighted by molar-refractivity contribution is 6.43. The summed E-state index contributed by atoms with van der Waals surface area (Å²) in [5.74, 6) is -0.926. The summed E-state index contributed by atoms with van der Waals surface area (Å²) in [5, 5.41) is 5.33. The molecule has 5 nitrogen and oxygen atoms in total. The van der Waals surface area contributed by atoms with E-state index in [-0.39, 0.29) is 10.8 Å². The second-order valence-electron chi connectivity index (χ2n) is 9.13. The molecule has 2 rings (SSSR count). The highest BCUT2D eigenvalue weighted by Crippen LogP contribution is 2.31. The van der Waals surface area contributed by atoms with Crippen LogP contribution in [-0.4, -0.2) is 18.4 Å². The SMILES string of the molecule is CCOc1ccc(C(C)(C)C)cc1NC(=O)C(=O)Nc1ccc(C(C)(C)C)cc1. The van der Waals surface area contributed by atoms with E-state index in [2.05, 4.69) is 52.2 Å². The van der Waals surface area contributed by atoms with Crippen molar-refractivity contribution in [2.24, 2.45) is 0 Å². The van der Waals surface area contributed by atoms with Crippen LogP contribution < -0.4 is 15.4 Å². The molecule has 0 heterocycles. The molecular weight excluding hydrogens is 364 g/mol. The van der Waals surface area contributed by atoms with Gasteiger partial charge in [0.2, 0.25) is 0 Å². The molecule has 29 heavy (non-hydrogen) atoms. The largest absolute Gasteiger partial charge is 0.492 e. The predicted octanol–water partition coefficient (Wildman–Crippen LogP) is 5.26. The predicted molar refractivity (Wildman–Crippen MR) is 119 cm³/mol. The molecule has 0 saturated heterocycles. The monoisotopic (exact) mass is 396 g/mol. The van der Waals surface area contributed by atoms with E-state index in [9.17, 15) is 9.59 Å². The number of amides is 2. The van der Waals surface area contributed by atoms with Gasteiger partial charge in [-0.2, -0.15) is 0 Å². The van der Waals surface area contributed by atoms with Crippen LogP contribution >= 0.6 is 0 Å². The van der Waals surface area contributed by atoms with Gasteiger partial charge >= 0.3 is 11.8 Å². The Kier molecular flexibility index (Phi) is 6.73. The van der Waals surface area contributed by atoms with E-state index < -0.39 is 11.8 Å². The van der Waals surface area contributed by atoms with Crippen molar-refractivity contribution in [3.63, 3.8) is 0 Å². The van der Waals surface area contributed by atoms with Gasteiger partial charge in [-0.3, -0.25) is 9.59 Å². The molecule has 0 aliphatic rings. The fourth-order valence-corrected chi connectivity index (χ4v) is 2.80. The highest BCUT2D eigenvalue weighted by atomic mass is 16.5. The van der Waals surface area contributed by atoms with E-state index in [1.807, 2.05) is 37.3 Å². The van der Waals surface area contributed by atoms with E-state index in [1.54, 1.807) is 12.1 Å². The zero-order valence-corrected chi connectivity index (χ0v) is 18.5. The van der Waals surface area contributed by atoms with Crippen LogP contribution in [0.4, 0.5) is 11.4 Å². The summed E-state index contributed by atoms with van der Waals surface area (Å²) in [6.07, 6.45) is 0. The topological polar surface area (TPSA) is 67.4 Å². The molecule has 0 spiro atoms. The first-order valence-electron chi connectivity index (χ1n) is 9.92. The van der Waals surface area contributed by atoms with Gasteiger partial charge in [0.25, 0.3) is 0 Å². The zero-order valence-electron chi connectivity index (χ0n) is 18.5. The van der Waals surface area contributed by atoms with Crippen molar-refractivity contribution in [1.82, 2.24) is 0 Å². The summed E-state index contributed by atoms with van der Waals surface area (Å²) < 4.78 is 5.60. The molecule has 2 N–H and O–H groups in total. The van der Waals surface area contributed by atoms with Crippen LogP contribution in [0.15, 0.2) is 42.5 Å². The average Bonchev–Trinajstić information content (AvgIpc) is 2.62. The minimum atomic E-state index is -0.739. The van der Waals surface area contributed by atoms with Crippen LogP contribution in [0.25, 0.3) is 0 Å². The van der Waals surface area contributed by atoms with Gasteiger partial charge in [-0.15, -0.1) is 0 Å². The second-order valence-corrected chi connectivity index (χ2v) is 9.13. The van der Waals surface area contributed by atoms with Crippen molar-refractivity contribution in [2.75, 3.05) is 17.2 Å². The standard InChI is InChI=1S/C24H32N2O3/c1-8-29-20-14-11-17(24(5,6)7)15-19(20)26-22(28)21(27)25-18-12-9-16(10-13-18)23(2,3)4/h9-15H,8H2,1-7H3,(H,25,27)(H,26,28). The molecule has 0 fully saturated rings. The van der Waals surface area contributed by atoms with E-state index in [1.165, 1.54) is 0 Å². The van der Waals surface area contributed by atoms with Crippen molar-refractivity contribution in [3.05, 3.63) is 53.6 Å². The van der Waals surface area contributed by atoms with Crippen LogP contribution in [-0.2, 0) is 20.4 Å². The Morgan fingerprint density at radius 3 is 1.83 bits per heavy atom. The summed E-state index contributed by atoms with van der Waals surface area (Å²) in [4.78, 5) is 24.9. The lowest BCUT2D eigenvalue weighted by molar-refractivity contribution is -0.133. The second kappa shape index (κ2) is 8.68. The molecule has 5 heteroatoms. The maximum Gasteiger partial charge on any atom is 0.314 e. The number of benzene rings is 2. The van der Waals surface area contributed by atoms with Crippen molar-refractivity contribution in [3.8, 4) is 5.75 Å². The molecule has 2 amide bonds. The smallest absolute Gasteiger partial charge is 0.314 e. The van der Waals surface area contributed by atoms with Gasteiger partial charge in [0.1, 0.15) is 5.75 Å². The van der Waals surface area contributed by atoms with Gasteiger partial charge in [0.05, 0.1) is 12.3 Å². The molecule has 0 aromatic heterocycles. The van der Waals surface area contributed by atoms with Crippen LogP contribution in [0.3, 0.4) is 0 Å². The van der Waals surface area contributed by atoms with Gasteiger partial charge in [0, 0.05) is 5.69 Å². The van der Waals surface area contributed by atoms with Gasteiger partial charge in [-0.05, 0) is 53.1 Å². The maximum atomic E-state index is 12.5. The third-order valence-electron chi connectivity index (χ3n) is 4.61. The summed E-state index contributed by atoms with van der Waals surface area (Å²) in [6, 6.07) is 13.2. The molecule has 0 bridgehead atoms. The van der Waals surface area contributed by atoms with Gasteiger partial charge in [-0.1, -0.05) is 59.7 Å². The molecule has 0 aliphatic carbocycles.